The van der Waals surface area contributed by atoms with Gasteiger partial charge in [0.05, 0.1) is 0 Å². The van der Waals surface area contributed by atoms with Crippen LogP contribution in [-0.2, 0) is 0 Å². The highest BCUT2D eigenvalue weighted by atomic mass is 19.1. The number of pyridine rings is 1. The number of rotatable bonds is 4. The molecule has 0 atom stereocenters. The van der Waals surface area contributed by atoms with Crippen LogP contribution in [-0.4, -0.2) is 53.9 Å². The minimum absolute atomic E-state index is 0.0672. The SMILES string of the molecule is CN(CC1(N(C)C)CCC1)C(=O)c1cccc(F)n1. The second-order valence-electron chi connectivity index (χ2n) is 5.48. The van der Waals surface area contributed by atoms with E-state index in [-0.39, 0.29) is 17.1 Å². The third-order valence-corrected chi connectivity index (χ3v) is 4.05. The van der Waals surface area contributed by atoms with Gasteiger partial charge < -0.3 is 9.80 Å². The zero-order valence-corrected chi connectivity index (χ0v) is 11.7. The highest BCUT2D eigenvalue weighted by Gasteiger charge is 2.40. The molecule has 2 rings (SSSR count). The van der Waals surface area contributed by atoms with Crippen LogP contribution < -0.4 is 0 Å². The lowest BCUT2D eigenvalue weighted by Gasteiger charge is -2.49. The molecule has 0 aliphatic heterocycles. The van der Waals surface area contributed by atoms with Gasteiger partial charge in [-0.2, -0.15) is 4.39 Å². The van der Waals surface area contributed by atoms with Crippen molar-refractivity contribution in [1.29, 1.82) is 0 Å². The lowest BCUT2D eigenvalue weighted by molar-refractivity contribution is 0.0249. The molecule has 0 bridgehead atoms. The van der Waals surface area contributed by atoms with Crippen molar-refractivity contribution in [2.45, 2.75) is 24.8 Å². The van der Waals surface area contributed by atoms with Crippen molar-refractivity contribution in [2.75, 3.05) is 27.7 Å². The summed E-state index contributed by atoms with van der Waals surface area (Å²) in [4.78, 5) is 19.7. The normalized spacial score (nSPS) is 17.1. The van der Waals surface area contributed by atoms with Gasteiger partial charge in [-0.05, 0) is 45.5 Å². The van der Waals surface area contributed by atoms with Crippen molar-refractivity contribution in [1.82, 2.24) is 14.8 Å². The van der Waals surface area contributed by atoms with E-state index in [0.29, 0.717) is 6.54 Å². The highest BCUT2D eigenvalue weighted by molar-refractivity contribution is 5.92. The molecule has 104 valence electrons. The van der Waals surface area contributed by atoms with Gasteiger partial charge >= 0.3 is 0 Å². The summed E-state index contributed by atoms with van der Waals surface area (Å²) in [5.41, 5.74) is 0.230. The summed E-state index contributed by atoms with van der Waals surface area (Å²) in [6.45, 7) is 0.650. The average Bonchev–Trinajstić information content (AvgIpc) is 2.32. The Balaban J connectivity index is 2.07. The van der Waals surface area contributed by atoms with Crippen LogP contribution in [0, 0.1) is 5.95 Å². The molecule has 0 unspecified atom stereocenters. The second-order valence-corrected chi connectivity index (χ2v) is 5.48. The van der Waals surface area contributed by atoms with Gasteiger partial charge in [0.2, 0.25) is 5.95 Å². The molecule has 1 aliphatic carbocycles. The lowest BCUT2D eigenvalue weighted by atomic mass is 9.75. The molecule has 1 aromatic rings. The van der Waals surface area contributed by atoms with Crippen LogP contribution in [0.3, 0.4) is 0 Å². The molecule has 1 aliphatic rings. The molecule has 0 radical (unpaired) electrons. The van der Waals surface area contributed by atoms with Gasteiger partial charge in [0.15, 0.2) is 0 Å². The Labute approximate surface area is 113 Å². The molecule has 0 aromatic carbocycles. The molecule has 1 amide bonds. The number of nitrogens with zero attached hydrogens (tertiary/aromatic N) is 3. The quantitative estimate of drug-likeness (QED) is 0.779. The fraction of sp³-hybridized carbons (Fsp3) is 0.571. The molecule has 5 heteroatoms. The number of hydrogen-bond donors (Lipinski definition) is 0. The predicted octanol–water partition coefficient (Wildman–Crippen LogP) is 1.78. The summed E-state index contributed by atoms with van der Waals surface area (Å²) < 4.78 is 13.0. The van der Waals surface area contributed by atoms with Crippen LogP contribution >= 0.6 is 0 Å². The van der Waals surface area contributed by atoms with Gasteiger partial charge in [0.25, 0.3) is 5.91 Å². The van der Waals surface area contributed by atoms with Crippen molar-refractivity contribution in [3.8, 4) is 0 Å². The largest absolute Gasteiger partial charge is 0.339 e. The van der Waals surface area contributed by atoms with E-state index in [1.807, 2.05) is 14.1 Å². The van der Waals surface area contributed by atoms with Crippen LogP contribution in [0.15, 0.2) is 18.2 Å². The topological polar surface area (TPSA) is 36.4 Å². The van der Waals surface area contributed by atoms with E-state index in [2.05, 4.69) is 9.88 Å². The van der Waals surface area contributed by atoms with Crippen LogP contribution in [0.1, 0.15) is 29.8 Å². The van der Waals surface area contributed by atoms with Gasteiger partial charge in [-0.1, -0.05) is 6.07 Å². The predicted molar refractivity (Wildman–Crippen MR) is 71.4 cm³/mol. The summed E-state index contributed by atoms with van der Waals surface area (Å²) in [7, 11) is 5.83. The van der Waals surface area contributed by atoms with Crippen molar-refractivity contribution in [3.63, 3.8) is 0 Å². The molecular formula is C14H20FN3O. The van der Waals surface area contributed by atoms with Gasteiger partial charge in [0, 0.05) is 19.1 Å². The maximum Gasteiger partial charge on any atom is 0.272 e. The van der Waals surface area contributed by atoms with Gasteiger partial charge in [-0.15, -0.1) is 0 Å². The van der Waals surface area contributed by atoms with Gasteiger partial charge in [0.1, 0.15) is 5.69 Å². The number of aromatic nitrogens is 1. The van der Waals surface area contributed by atoms with Crippen molar-refractivity contribution < 1.29 is 9.18 Å². The molecule has 1 fully saturated rings. The first-order chi connectivity index (χ1) is 8.94. The third-order valence-electron chi connectivity index (χ3n) is 4.05. The molecule has 19 heavy (non-hydrogen) atoms. The summed E-state index contributed by atoms with van der Waals surface area (Å²) in [5.74, 6) is -0.849. The van der Waals surface area contributed by atoms with E-state index in [1.165, 1.54) is 18.6 Å². The Morgan fingerprint density at radius 2 is 2.05 bits per heavy atom. The maximum absolute atomic E-state index is 13.0. The molecular weight excluding hydrogens is 245 g/mol. The Morgan fingerprint density at radius 3 is 2.53 bits per heavy atom. The standard InChI is InChI=1S/C14H20FN3O/c1-17(2)14(8-5-9-14)10-18(3)13(19)11-6-4-7-12(15)16-11/h4,6-7H,5,8-10H2,1-3H3. The van der Waals surface area contributed by atoms with E-state index in [4.69, 9.17) is 0 Å². The lowest BCUT2D eigenvalue weighted by Crippen LogP contribution is -2.57. The molecule has 1 aromatic heterocycles. The smallest absolute Gasteiger partial charge is 0.272 e. The Morgan fingerprint density at radius 1 is 1.37 bits per heavy atom. The van der Waals surface area contributed by atoms with E-state index >= 15 is 0 Å². The van der Waals surface area contributed by atoms with Crippen molar-refractivity contribution >= 4 is 5.91 Å². The summed E-state index contributed by atoms with van der Waals surface area (Å²) >= 11 is 0. The molecule has 1 heterocycles. The molecule has 4 nitrogen and oxygen atoms in total. The first-order valence-corrected chi connectivity index (χ1v) is 6.50. The Kier molecular flexibility index (Phi) is 3.85. The minimum atomic E-state index is -0.620. The zero-order valence-electron chi connectivity index (χ0n) is 11.7. The monoisotopic (exact) mass is 265 g/mol. The van der Waals surface area contributed by atoms with Crippen molar-refractivity contribution in [2.24, 2.45) is 0 Å². The van der Waals surface area contributed by atoms with Crippen LogP contribution in [0.25, 0.3) is 0 Å². The minimum Gasteiger partial charge on any atom is -0.339 e. The first-order valence-electron chi connectivity index (χ1n) is 6.50. The van der Waals surface area contributed by atoms with Crippen LogP contribution in [0.2, 0.25) is 0 Å². The number of carbonyl (C=O) groups excluding carboxylic acids is 1. The van der Waals surface area contributed by atoms with Crippen LogP contribution in [0.5, 0.6) is 0 Å². The number of carbonyl (C=O) groups is 1. The zero-order chi connectivity index (χ0) is 14.0. The maximum atomic E-state index is 13.0. The van der Waals surface area contributed by atoms with Gasteiger partial charge in [-0.25, -0.2) is 4.98 Å². The number of halogens is 1. The molecule has 1 saturated carbocycles. The second kappa shape index (κ2) is 5.25. The summed E-state index contributed by atoms with van der Waals surface area (Å²) in [6.07, 6.45) is 3.38. The Hall–Kier alpha value is -1.49. The van der Waals surface area contributed by atoms with E-state index < -0.39 is 5.95 Å². The summed E-state index contributed by atoms with van der Waals surface area (Å²) in [6, 6.07) is 4.30. The highest BCUT2D eigenvalue weighted by Crippen LogP contribution is 2.36. The number of likely N-dealkylation sites (N-methyl/N-ethyl adjacent to an activating group) is 2. The van der Waals surface area contributed by atoms with Crippen molar-refractivity contribution in [3.05, 3.63) is 29.8 Å². The molecule has 0 spiro atoms. The fourth-order valence-corrected chi connectivity index (χ4v) is 2.57. The van der Waals surface area contributed by atoms with Gasteiger partial charge in [-0.3, -0.25) is 4.79 Å². The summed E-state index contributed by atoms with van der Waals surface area (Å²) in [5, 5.41) is 0. The van der Waals surface area contributed by atoms with E-state index in [1.54, 1.807) is 18.0 Å². The molecule has 0 saturated heterocycles. The van der Waals surface area contributed by atoms with Crippen LogP contribution in [0.4, 0.5) is 4.39 Å². The first kappa shape index (κ1) is 13.9. The fourth-order valence-electron chi connectivity index (χ4n) is 2.57. The molecule has 0 N–H and O–H groups in total. The average molecular weight is 265 g/mol. The van der Waals surface area contributed by atoms with E-state index in [0.717, 1.165) is 12.8 Å². The third kappa shape index (κ3) is 2.76. The number of hydrogen-bond acceptors (Lipinski definition) is 3. The number of amides is 1. The Bertz CT molecular complexity index is 472. The van der Waals surface area contributed by atoms with E-state index in [9.17, 15) is 9.18 Å².